The summed E-state index contributed by atoms with van der Waals surface area (Å²) in [5.41, 5.74) is 4.04. The number of hydrogen-bond donors (Lipinski definition) is 3. The molecule has 1 saturated heterocycles. The monoisotopic (exact) mass is 436 g/mol. The Hall–Kier alpha value is -3.45. The summed E-state index contributed by atoms with van der Waals surface area (Å²) in [5, 5.41) is 24.8. The predicted octanol–water partition coefficient (Wildman–Crippen LogP) is 0.699. The van der Waals surface area contributed by atoms with Gasteiger partial charge in [-0.05, 0) is 28.8 Å². The van der Waals surface area contributed by atoms with Crippen LogP contribution in [0.25, 0.3) is 22.2 Å². The van der Waals surface area contributed by atoms with Gasteiger partial charge in [0, 0.05) is 26.6 Å². The van der Waals surface area contributed by atoms with Crippen LogP contribution in [0.15, 0.2) is 51.7 Å². The van der Waals surface area contributed by atoms with Crippen LogP contribution >= 0.6 is 0 Å². The summed E-state index contributed by atoms with van der Waals surface area (Å²) in [6, 6.07) is 14.6. The van der Waals surface area contributed by atoms with Crippen LogP contribution in [0.2, 0.25) is 0 Å². The molecule has 1 aliphatic rings. The van der Waals surface area contributed by atoms with Crippen LogP contribution in [-0.2, 0) is 23.0 Å². The minimum atomic E-state index is -0.751. The van der Waals surface area contributed by atoms with Gasteiger partial charge in [-0.15, -0.1) is 0 Å². The molecule has 0 unspecified atom stereocenters. The van der Waals surface area contributed by atoms with Crippen molar-refractivity contribution in [3.05, 3.63) is 58.6 Å². The summed E-state index contributed by atoms with van der Waals surface area (Å²) >= 11 is 0. The Morgan fingerprint density at radius 3 is 2.78 bits per heavy atom. The van der Waals surface area contributed by atoms with Gasteiger partial charge in [-0.2, -0.15) is 5.26 Å². The number of β-amino-alcohol motifs (C(OH)–C–C–N with tert-alkyl or cyclic N) is 1. The van der Waals surface area contributed by atoms with Gasteiger partial charge < -0.3 is 24.9 Å². The summed E-state index contributed by atoms with van der Waals surface area (Å²) in [4.78, 5) is 24.1. The maximum atomic E-state index is 12.5. The van der Waals surface area contributed by atoms with Gasteiger partial charge in [0.2, 0.25) is 0 Å². The Morgan fingerprint density at radius 1 is 1.28 bits per heavy atom. The molecule has 3 aromatic rings. The molecule has 1 amide bonds. The lowest BCUT2D eigenvalue weighted by Crippen LogP contribution is -2.46. The molecule has 32 heavy (non-hydrogen) atoms. The molecule has 9 nitrogen and oxygen atoms in total. The average molecular weight is 436 g/mol. The van der Waals surface area contributed by atoms with Gasteiger partial charge >= 0.3 is 5.76 Å². The van der Waals surface area contributed by atoms with Crippen molar-refractivity contribution in [2.24, 2.45) is 7.05 Å². The Labute approximate surface area is 184 Å². The van der Waals surface area contributed by atoms with E-state index in [1.807, 2.05) is 36.4 Å². The topological polar surface area (TPSA) is 130 Å². The fourth-order valence-corrected chi connectivity index (χ4v) is 3.66. The minimum Gasteiger partial charge on any atom is -0.408 e. The number of aromatic nitrogens is 1. The first-order valence-electron chi connectivity index (χ1n) is 10.3. The number of amides is 1. The summed E-state index contributed by atoms with van der Waals surface area (Å²) in [6.07, 6.45) is -1.06. The molecule has 3 atom stereocenters. The maximum absolute atomic E-state index is 12.5. The van der Waals surface area contributed by atoms with Crippen molar-refractivity contribution in [1.29, 1.82) is 5.26 Å². The zero-order valence-corrected chi connectivity index (χ0v) is 17.6. The van der Waals surface area contributed by atoms with Crippen molar-refractivity contribution < 1.29 is 19.1 Å². The molecule has 1 aromatic heterocycles. The number of aliphatic hydroxyl groups is 1. The summed E-state index contributed by atoms with van der Waals surface area (Å²) in [7, 11) is 1.66. The zero-order valence-electron chi connectivity index (χ0n) is 17.6. The summed E-state index contributed by atoms with van der Waals surface area (Å²) in [5.74, 6) is -0.785. The van der Waals surface area contributed by atoms with Crippen LogP contribution in [0.3, 0.4) is 0 Å². The molecule has 9 heteroatoms. The van der Waals surface area contributed by atoms with E-state index in [2.05, 4.69) is 16.7 Å². The average Bonchev–Trinajstić information content (AvgIpc) is 2.94. The molecule has 2 aromatic carbocycles. The SMILES string of the molecule is Cn1c(=O)oc2ccc(-c3ccc(C[C@@H](C#N)NC(=O)[C@@H]4CNC[C@H](O)CO4)cc3)cc21. The normalized spacial score (nSPS) is 19.8. The molecule has 1 fully saturated rings. The standard InChI is InChI=1S/C23H24N4O5/c1-27-19-9-16(6-7-20(19)32-23(27)30)15-4-2-14(3-5-15)8-17(10-24)26-22(29)21-12-25-11-18(28)13-31-21/h2-7,9,17-18,21,25,28H,8,11-13H2,1H3,(H,26,29)/t17-,18-,21-/m0/s1. The minimum absolute atomic E-state index is 0.0720. The van der Waals surface area contributed by atoms with Crippen molar-refractivity contribution >= 4 is 17.0 Å². The third-order valence-corrected chi connectivity index (χ3v) is 5.48. The number of benzene rings is 2. The molecule has 4 rings (SSSR count). The van der Waals surface area contributed by atoms with E-state index in [1.54, 1.807) is 13.1 Å². The Kier molecular flexibility index (Phi) is 6.37. The number of rotatable bonds is 5. The van der Waals surface area contributed by atoms with Crippen molar-refractivity contribution in [1.82, 2.24) is 15.2 Å². The fraction of sp³-hybridized carbons (Fsp3) is 0.348. The molecule has 0 saturated carbocycles. The highest BCUT2D eigenvalue weighted by Crippen LogP contribution is 2.24. The van der Waals surface area contributed by atoms with Crippen LogP contribution in [0.5, 0.6) is 0 Å². The van der Waals surface area contributed by atoms with Crippen LogP contribution in [0.1, 0.15) is 5.56 Å². The third kappa shape index (κ3) is 4.73. The van der Waals surface area contributed by atoms with Gasteiger partial charge in [0.15, 0.2) is 5.58 Å². The van der Waals surface area contributed by atoms with E-state index in [0.29, 0.717) is 24.1 Å². The number of carbonyl (C=O) groups excluding carboxylic acids is 1. The second-order valence-electron chi connectivity index (χ2n) is 7.83. The highest BCUT2D eigenvalue weighted by atomic mass is 16.5. The zero-order chi connectivity index (χ0) is 22.7. The van der Waals surface area contributed by atoms with Gasteiger partial charge in [-0.3, -0.25) is 9.36 Å². The smallest absolute Gasteiger partial charge is 0.408 e. The van der Waals surface area contributed by atoms with Gasteiger partial charge in [0.1, 0.15) is 12.1 Å². The van der Waals surface area contributed by atoms with Gasteiger partial charge in [-0.1, -0.05) is 30.3 Å². The number of hydrogen-bond acceptors (Lipinski definition) is 7. The second-order valence-corrected chi connectivity index (χ2v) is 7.83. The van der Waals surface area contributed by atoms with Crippen LogP contribution in [0.4, 0.5) is 0 Å². The van der Waals surface area contributed by atoms with Crippen molar-refractivity contribution in [2.75, 3.05) is 19.7 Å². The first-order chi connectivity index (χ1) is 15.4. The quantitative estimate of drug-likeness (QED) is 0.537. The summed E-state index contributed by atoms with van der Waals surface area (Å²) < 4.78 is 12.0. The van der Waals surface area contributed by atoms with E-state index in [4.69, 9.17) is 9.15 Å². The molecule has 166 valence electrons. The third-order valence-electron chi connectivity index (χ3n) is 5.48. The van der Waals surface area contributed by atoms with E-state index < -0.39 is 24.0 Å². The molecule has 1 aliphatic heterocycles. The highest BCUT2D eigenvalue weighted by Gasteiger charge is 2.25. The van der Waals surface area contributed by atoms with Gasteiger partial charge in [0.25, 0.3) is 5.91 Å². The number of fused-ring (bicyclic) bond motifs is 1. The number of nitriles is 1. The number of aliphatic hydroxyl groups excluding tert-OH is 1. The Balaban J connectivity index is 1.42. The molecule has 0 bridgehead atoms. The number of carbonyl (C=O) groups is 1. The first-order valence-corrected chi connectivity index (χ1v) is 10.3. The lowest BCUT2D eigenvalue weighted by molar-refractivity contribution is -0.133. The Bertz CT molecular complexity index is 1210. The van der Waals surface area contributed by atoms with E-state index in [0.717, 1.165) is 16.7 Å². The number of nitrogens with zero attached hydrogens (tertiary/aromatic N) is 2. The first kappa shape index (κ1) is 21.8. The molecule has 0 radical (unpaired) electrons. The lowest BCUT2D eigenvalue weighted by atomic mass is 10.0. The maximum Gasteiger partial charge on any atom is 0.419 e. The van der Waals surface area contributed by atoms with Crippen molar-refractivity contribution in [2.45, 2.75) is 24.7 Å². The number of nitrogens with one attached hydrogen (secondary N) is 2. The highest BCUT2D eigenvalue weighted by molar-refractivity contribution is 5.82. The summed E-state index contributed by atoms with van der Waals surface area (Å²) in [6.45, 7) is 0.715. The van der Waals surface area contributed by atoms with Crippen LogP contribution in [-0.4, -0.2) is 53.5 Å². The van der Waals surface area contributed by atoms with E-state index in [-0.39, 0.29) is 19.1 Å². The Morgan fingerprint density at radius 2 is 2.03 bits per heavy atom. The number of ether oxygens (including phenoxy) is 1. The number of oxazole rings is 1. The van der Waals surface area contributed by atoms with Gasteiger partial charge in [0.05, 0.1) is 24.3 Å². The molecular formula is C23H24N4O5. The second kappa shape index (κ2) is 9.36. The molecule has 0 spiro atoms. The fourth-order valence-electron chi connectivity index (χ4n) is 3.66. The molecule has 3 N–H and O–H groups in total. The van der Waals surface area contributed by atoms with Gasteiger partial charge in [-0.25, -0.2) is 4.79 Å². The van der Waals surface area contributed by atoms with E-state index in [1.165, 1.54) is 4.57 Å². The lowest BCUT2D eigenvalue weighted by Gasteiger charge is -2.18. The van der Waals surface area contributed by atoms with Crippen molar-refractivity contribution in [3.63, 3.8) is 0 Å². The predicted molar refractivity (Wildman–Crippen MR) is 117 cm³/mol. The number of aryl methyl sites for hydroxylation is 1. The van der Waals surface area contributed by atoms with E-state index >= 15 is 0 Å². The van der Waals surface area contributed by atoms with Crippen LogP contribution in [0, 0.1) is 11.3 Å². The molecular weight excluding hydrogens is 412 g/mol. The molecule has 0 aliphatic carbocycles. The van der Waals surface area contributed by atoms with E-state index in [9.17, 15) is 20.0 Å². The largest absolute Gasteiger partial charge is 0.419 e. The van der Waals surface area contributed by atoms with Crippen molar-refractivity contribution in [3.8, 4) is 17.2 Å². The van der Waals surface area contributed by atoms with Crippen LogP contribution < -0.4 is 16.4 Å². The molecule has 2 heterocycles.